The molecule has 0 aliphatic heterocycles. The summed E-state index contributed by atoms with van der Waals surface area (Å²) in [4.78, 5) is 1.05. The van der Waals surface area contributed by atoms with E-state index in [-0.39, 0.29) is 6.04 Å². The molecule has 2 N–H and O–H groups in total. The van der Waals surface area contributed by atoms with Crippen molar-refractivity contribution in [2.45, 2.75) is 26.8 Å². The van der Waals surface area contributed by atoms with E-state index in [9.17, 15) is 0 Å². The zero-order valence-electron chi connectivity index (χ0n) is 7.53. The average Bonchev–Trinajstić information content (AvgIpc) is 2.33. The first-order valence-corrected chi connectivity index (χ1v) is 4.58. The second-order valence-electron chi connectivity index (χ2n) is 2.99. The quantitative estimate of drug-likeness (QED) is 0.711. The highest BCUT2D eigenvalue weighted by molar-refractivity contribution is 7.05. The molecule has 0 fully saturated rings. The van der Waals surface area contributed by atoms with Crippen LogP contribution in [0.25, 0.3) is 0 Å². The molecule has 0 radical (unpaired) electrons. The van der Waals surface area contributed by atoms with Gasteiger partial charge in [-0.2, -0.15) is 0 Å². The van der Waals surface area contributed by atoms with Gasteiger partial charge < -0.3 is 5.73 Å². The van der Waals surface area contributed by atoms with Crippen molar-refractivity contribution in [2.75, 3.05) is 0 Å². The number of nitrogens with two attached hydrogens (primary N) is 1. The first-order valence-electron chi connectivity index (χ1n) is 3.80. The van der Waals surface area contributed by atoms with Crippen molar-refractivity contribution in [1.82, 2.24) is 9.59 Å². The van der Waals surface area contributed by atoms with Gasteiger partial charge in [0.1, 0.15) is 0 Å². The van der Waals surface area contributed by atoms with Crippen molar-refractivity contribution >= 4 is 11.5 Å². The molecule has 3 nitrogen and oxygen atoms in total. The second kappa shape index (κ2) is 3.78. The van der Waals surface area contributed by atoms with Crippen LogP contribution in [0.2, 0.25) is 0 Å². The third-order valence-electron chi connectivity index (χ3n) is 1.50. The summed E-state index contributed by atoms with van der Waals surface area (Å²) in [6, 6.07) is -0.0463. The third-order valence-corrected chi connectivity index (χ3v) is 2.43. The summed E-state index contributed by atoms with van der Waals surface area (Å²) in [5.41, 5.74) is 8.05. The maximum atomic E-state index is 5.90. The minimum absolute atomic E-state index is 0.0463. The maximum Gasteiger partial charge on any atom is 0.0776 e. The minimum Gasteiger partial charge on any atom is -0.320 e. The van der Waals surface area contributed by atoms with Crippen LogP contribution in [0.1, 0.15) is 30.5 Å². The lowest BCUT2D eigenvalue weighted by atomic mass is 10.1. The Balaban J connectivity index is 2.85. The second-order valence-corrected chi connectivity index (χ2v) is 3.78. The number of rotatable bonds is 2. The molecule has 0 aliphatic carbocycles. The van der Waals surface area contributed by atoms with E-state index in [1.807, 2.05) is 26.8 Å². The molecule has 1 aromatic heterocycles. The van der Waals surface area contributed by atoms with Crippen molar-refractivity contribution < 1.29 is 0 Å². The van der Waals surface area contributed by atoms with Crippen LogP contribution in [0, 0.1) is 6.92 Å². The standard InChI is InChI=1S/C8H13N3S/c1-5(2)4-7(9)8-6(3)10-11-12-8/h4,7H,9H2,1-3H3. The molecule has 0 saturated heterocycles. The number of allylic oxidation sites excluding steroid dienone is 1. The van der Waals surface area contributed by atoms with E-state index in [1.165, 1.54) is 17.1 Å². The Morgan fingerprint density at radius 1 is 1.58 bits per heavy atom. The highest BCUT2D eigenvalue weighted by Gasteiger charge is 2.09. The van der Waals surface area contributed by atoms with Gasteiger partial charge in [0.15, 0.2) is 0 Å². The predicted molar refractivity (Wildman–Crippen MR) is 51.0 cm³/mol. The molecule has 12 heavy (non-hydrogen) atoms. The van der Waals surface area contributed by atoms with Gasteiger partial charge in [0.05, 0.1) is 16.6 Å². The Morgan fingerprint density at radius 2 is 2.25 bits per heavy atom. The molecular formula is C8H13N3S. The Kier molecular flexibility index (Phi) is 2.94. The lowest BCUT2D eigenvalue weighted by Gasteiger charge is -2.03. The highest BCUT2D eigenvalue weighted by atomic mass is 32.1. The number of nitrogens with zero attached hydrogens (tertiary/aromatic N) is 2. The molecule has 1 atom stereocenters. The molecule has 4 heteroatoms. The van der Waals surface area contributed by atoms with Gasteiger partial charge in [-0.15, -0.1) is 5.10 Å². The molecular weight excluding hydrogens is 170 g/mol. The molecule has 0 spiro atoms. The van der Waals surface area contributed by atoms with Crippen molar-refractivity contribution in [3.8, 4) is 0 Å². The van der Waals surface area contributed by atoms with Crippen molar-refractivity contribution in [2.24, 2.45) is 5.73 Å². The first-order chi connectivity index (χ1) is 5.61. The molecule has 66 valence electrons. The molecule has 0 aliphatic rings. The van der Waals surface area contributed by atoms with Crippen LogP contribution in [0.4, 0.5) is 0 Å². The Bertz CT molecular complexity index is 286. The Morgan fingerprint density at radius 3 is 2.67 bits per heavy atom. The van der Waals surface area contributed by atoms with Gasteiger partial charge in [0.25, 0.3) is 0 Å². The highest BCUT2D eigenvalue weighted by Crippen LogP contribution is 2.19. The van der Waals surface area contributed by atoms with Crippen LogP contribution >= 0.6 is 11.5 Å². The molecule has 0 bridgehead atoms. The van der Waals surface area contributed by atoms with E-state index in [0.29, 0.717) is 0 Å². The zero-order valence-corrected chi connectivity index (χ0v) is 8.35. The number of aromatic nitrogens is 2. The van der Waals surface area contributed by atoms with E-state index in [0.717, 1.165) is 10.6 Å². The maximum absolute atomic E-state index is 5.90. The zero-order chi connectivity index (χ0) is 9.14. The predicted octanol–water partition coefficient (Wildman–Crippen LogP) is 1.81. The van der Waals surface area contributed by atoms with Gasteiger partial charge in [0, 0.05) is 0 Å². The summed E-state index contributed by atoms with van der Waals surface area (Å²) < 4.78 is 3.83. The number of aryl methyl sites for hydroxylation is 1. The molecule has 0 aromatic carbocycles. The van der Waals surface area contributed by atoms with Crippen molar-refractivity contribution in [1.29, 1.82) is 0 Å². The van der Waals surface area contributed by atoms with Gasteiger partial charge >= 0.3 is 0 Å². The van der Waals surface area contributed by atoms with E-state index in [1.54, 1.807) is 0 Å². The fourth-order valence-electron chi connectivity index (χ4n) is 0.978. The largest absolute Gasteiger partial charge is 0.320 e. The molecule has 1 unspecified atom stereocenters. The van der Waals surface area contributed by atoms with Gasteiger partial charge in [-0.25, -0.2) is 0 Å². The third kappa shape index (κ3) is 2.12. The molecule has 1 aromatic rings. The monoisotopic (exact) mass is 183 g/mol. The molecule has 0 saturated carbocycles. The lowest BCUT2D eigenvalue weighted by Crippen LogP contribution is -2.06. The minimum atomic E-state index is -0.0463. The topological polar surface area (TPSA) is 51.8 Å². The SMILES string of the molecule is CC(C)=CC(N)c1snnc1C. The Labute approximate surface area is 76.5 Å². The number of hydrogen-bond donors (Lipinski definition) is 1. The summed E-state index contributed by atoms with van der Waals surface area (Å²) >= 11 is 1.37. The van der Waals surface area contributed by atoms with Crippen LogP contribution in [-0.4, -0.2) is 9.59 Å². The summed E-state index contributed by atoms with van der Waals surface area (Å²) in [5, 5.41) is 3.90. The fourth-order valence-corrected chi connectivity index (χ4v) is 1.59. The smallest absolute Gasteiger partial charge is 0.0776 e. The molecule has 1 rings (SSSR count). The van der Waals surface area contributed by atoms with E-state index >= 15 is 0 Å². The van der Waals surface area contributed by atoms with Crippen LogP contribution in [0.15, 0.2) is 11.6 Å². The van der Waals surface area contributed by atoms with Crippen LogP contribution in [0.3, 0.4) is 0 Å². The lowest BCUT2D eigenvalue weighted by molar-refractivity contribution is 0.900. The van der Waals surface area contributed by atoms with Crippen LogP contribution in [-0.2, 0) is 0 Å². The van der Waals surface area contributed by atoms with Crippen LogP contribution in [0.5, 0.6) is 0 Å². The summed E-state index contributed by atoms with van der Waals surface area (Å²) in [5.74, 6) is 0. The van der Waals surface area contributed by atoms with Gasteiger partial charge in [-0.05, 0) is 32.3 Å². The summed E-state index contributed by atoms with van der Waals surface area (Å²) in [6.45, 7) is 5.99. The van der Waals surface area contributed by atoms with Gasteiger partial charge in [0.2, 0.25) is 0 Å². The van der Waals surface area contributed by atoms with Crippen molar-refractivity contribution in [3.05, 3.63) is 22.2 Å². The van der Waals surface area contributed by atoms with E-state index < -0.39 is 0 Å². The fraction of sp³-hybridized carbons (Fsp3) is 0.500. The van der Waals surface area contributed by atoms with E-state index in [2.05, 4.69) is 9.59 Å². The molecule has 0 amide bonds. The average molecular weight is 183 g/mol. The molecule has 1 heterocycles. The van der Waals surface area contributed by atoms with Gasteiger partial charge in [-0.1, -0.05) is 16.1 Å². The van der Waals surface area contributed by atoms with Crippen LogP contribution < -0.4 is 5.73 Å². The summed E-state index contributed by atoms with van der Waals surface area (Å²) in [6.07, 6.45) is 2.02. The van der Waals surface area contributed by atoms with Crippen molar-refractivity contribution in [3.63, 3.8) is 0 Å². The number of hydrogen-bond acceptors (Lipinski definition) is 4. The van der Waals surface area contributed by atoms with E-state index in [4.69, 9.17) is 5.73 Å². The summed E-state index contributed by atoms with van der Waals surface area (Å²) in [7, 11) is 0. The van der Waals surface area contributed by atoms with Gasteiger partial charge in [-0.3, -0.25) is 0 Å². The first kappa shape index (κ1) is 9.35. The normalized spacial score (nSPS) is 12.7. The Hall–Kier alpha value is -0.740.